The van der Waals surface area contributed by atoms with Gasteiger partial charge in [-0.3, -0.25) is 14.6 Å². The first-order chi connectivity index (χ1) is 15.5. The van der Waals surface area contributed by atoms with Crippen LogP contribution in [-0.4, -0.2) is 56.2 Å². The van der Waals surface area contributed by atoms with E-state index >= 15 is 0 Å². The molecule has 2 bridgehead atoms. The number of ether oxygens (including phenoxy) is 1. The number of nitrogens with one attached hydrogen (secondary N) is 2. The summed E-state index contributed by atoms with van der Waals surface area (Å²) < 4.78 is 7.52. The number of H-pyrrole nitrogens is 1. The van der Waals surface area contributed by atoms with E-state index in [2.05, 4.69) is 37.6 Å². The van der Waals surface area contributed by atoms with Gasteiger partial charge in [-0.25, -0.2) is 4.98 Å². The second-order valence-electron chi connectivity index (χ2n) is 9.14. The number of amides is 1. The minimum atomic E-state index is -0.120. The van der Waals surface area contributed by atoms with Gasteiger partial charge >= 0.3 is 0 Å². The SMILES string of the molecule is Cc1nc(N2CC3CC(C2)O3)ccc1Cn1cc(C(=O)NC2CCc3c2n[nH]c3C)cn1. The molecule has 3 aromatic heterocycles. The first-order valence-corrected chi connectivity index (χ1v) is 11.3. The highest BCUT2D eigenvalue weighted by molar-refractivity contribution is 5.94. The van der Waals surface area contributed by atoms with Crippen LogP contribution >= 0.6 is 0 Å². The third kappa shape index (κ3) is 3.37. The molecule has 3 unspecified atom stereocenters. The van der Waals surface area contributed by atoms with Crippen molar-refractivity contribution in [2.24, 2.45) is 0 Å². The van der Waals surface area contributed by atoms with Crippen LogP contribution in [-0.2, 0) is 17.7 Å². The summed E-state index contributed by atoms with van der Waals surface area (Å²) in [7, 11) is 0. The van der Waals surface area contributed by atoms with Crippen LogP contribution in [0.1, 0.15) is 57.5 Å². The van der Waals surface area contributed by atoms with Crippen LogP contribution in [0, 0.1) is 13.8 Å². The summed E-state index contributed by atoms with van der Waals surface area (Å²) in [6.07, 6.45) is 7.13. The van der Waals surface area contributed by atoms with Crippen molar-refractivity contribution in [1.29, 1.82) is 0 Å². The quantitative estimate of drug-likeness (QED) is 0.639. The summed E-state index contributed by atoms with van der Waals surface area (Å²) in [5.41, 5.74) is 5.91. The van der Waals surface area contributed by atoms with Gasteiger partial charge in [0.2, 0.25) is 0 Å². The van der Waals surface area contributed by atoms with Crippen LogP contribution in [0.4, 0.5) is 5.82 Å². The molecular weight excluding hydrogens is 406 g/mol. The molecule has 9 nitrogen and oxygen atoms in total. The summed E-state index contributed by atoms with van der Waals surface area (Å²) >= 11 is 0. The molecule has 6 heterocycles. The van der Waals surface area contributed by atoms with Crippen LogP contribution in [0.3, 0.4) is 0 Å². The lowest BCUT2D eigenvalue weighted by Crippen LogP contribution is -2.57. The van der Waals surface area contributed by atoms with Crippen LogP contribution in [0.15, 0.2) is 24.5 Å². The van der Waals surface area contributed by atoms with E-state index in [1.807, 2.05) is 13.8 Å². The lowest BCUT2D eigenvalue weighted by Gasteiger charge is -2.47. The van der Waals surface area contributed by atoms with E-state index in [-0.39, 0.29) is 11.9 Å². The molecule has 0 saturated carbocycles. The topological polar surface area (TPSA) is 101 Å². The number of morpholine rings is 1. The maximum atomic E-state index is 12.8. The maximum Gasteiger partial charge on any atom is 0.255 e. The Hall–Kier alpha value is -3.20. The van der Waals surface area contributed by atoms with Crippen molar-refractivity contribution in [2.45, 2.75) is 57.9 Å². The molecule has 9 heteroatoms. The van der Waals surface area contributed by atoms with Crippen molar-refractivity contribution in [2.75, 3.05) is 18.0 Å². The van der Waals surface area contributed by atoms with Crippen LogP contribution in [0.25, 0.3) is 0 Å². The minimum absolute atomic E-state index is 0.0454. The van der Waals surface area contributed by atoms with E-state index in [1.165, 1.54) is 12.0 Å². The number of nitrogens with zero attached hydrogens (tertiary/aromatic N) is 5. The first-order valence-electron chi connectivity index (χ1n) is 11.3. The van der Waals surface area contributed by atoms with Crippen molar-refractivity contribution < 1.29 is 9.53 Å². The number of aromatic amines is 1. The number of aryl methyl sites for hydroxylation is 2. The van der Waals surface area contributed by atoms with Crippen molar-refractivity contribution in [1.82, 2.24) is 30.3 Å². The molecule has 32 heavy (non-hydrogen) atoms. The zero-order chi connectivity index (χ0) is 21.8. The summed E-state index contributed by atoms with van der Waals surface area (Å²) in [4.78, 5) is 19.9. The summed E-state index contributed by atoms with van der Waals surface area (Å²) in [6, 6.07) is 4.14. The fraction of sp³-hybridized carbons (Fsp3) is 0.478. The number of anilines is 1. The Morgan fingerprint density at radius 2 is 2.09 bits per heavy atom. The maximum absolute atomic E-state index is 12.8. The number of aromatic nitrogens is 5. The number of carbonyl (C=O) groups is 1. The van der Waals surface area contributed by atoms with Gasteiger partial charge in [0.1, 0.15) is 5.82 Å². The van der Waals surface area contributed by atoms with E-state index < -0.39 is 0 Å². The van der Waals surface area contributed by atoms with Crippen LogP contribution in [0.5, 0.6) is 0 Å². The molecule has 0 aromatic carbocycles. The predicted octanol–water partition coefficient (Wildman–Crippen LogP) is 2.06. The van der Waals surface area contributed by atoms with E-state index in [1.54, 1.807) is 17.1 Å². The smallest absolute Gasteiger partial charge is 0.255 e. The second kappa shape index (κ2) is 7.44. The summed E-state index contributed by atoms with van der Waals surface area (Å²) in [6.45, 7) is 6.46. The van der Waals surface area contributed by atoms with Crippen molar-refractivity contribution >= 4 is 11.7 Å². The predicted molar refractivity (Wildman–Crippen MR) is 118 cm³/mol. The molecule has 0 spiro atoms. The largest absolute Gasteiger partial charge is 0.371 e. The zero-order valence-corrected chi connectivity index (χ0v) is 18.3. The van der Waals surface area contributed by atoms with E-state index in [0.29, 0.717) is 24.3 Å². The lowest BCUT2D eigenvalue weighted by molar-refractivity contribution is -0.133. The molecule has 0 radical (unpaired) electrons. The molecule has 2 N–H and O–H groups in total. The number of rotatable bonds is 5. The van der Waals surface area contributed by atoms with E-state index in [9.17, 15) is 4.79 Å². The van der Waals surface area contributed by atoms with E-state index in [4.69, 9.17) is 9.72 Å². The molecule has 1 aliphatic carbocycles. The molecule has 3 saturated heterocycles. The average molecular weight is 434 g/mol. The number of carbonyl (C=O) groups excluding carboxylic acids is 1. The molecule has 166 valence electrons. The Balaban J connectivity index is 1.11. The van der Waals surface area contributed by atoms with Gasteiger partial charge in [0, 0.05) is 37.1 Å². The normalized spacial score (nSPS) is 23.7. The third-order valence-electron chi connectivity index (χ3n) is 6.92. The fourth-order valence-corrected chi connectivity index (χ4v) is 5.09. The fourth-order valence-electron chi connectivity index (χ4n) is 5.09. The van der Waals surface area contributed by atoms with Gasteiger partial charge < -0.3 is 15.0 Å². The van der Waals surface area contributed by atoms with Gasteiger partial charge in [-0.05, 0) is 43.9 Å². The Morgan fingerprint density at radius 3 is 2.88 bits per heavy atom. The first kappa shape index (κ1) is 19.5. The molecular formula is C23H27N7O2. The molecule has 3 aliphatic heterocycles. The molecule has 4 aliphatic rings. The van der Waals surface area contributed by atoms with Crippen molar-refractivity contribution in [3.63, 3.8) is 0 Å². The molecule has 3 atom stereocenters. The van der Waals surface area contributed by atoms with E-state index in [0.717, 1.165) is 54.4 Å². The highest BCUT2D eigenvalue weighted by atomic mass is 16.5. The number of piperidine rings is 1. The van der Waals surface area contributed by atoms with Crippen LogP contribution in [0.2, 0.25) is 0 Å². The molecule has 7 rings (SSSR count). The minimum Gasteiger partial charge on any atom is -0.371 e. The molecule has 3 fully saturated rings. The Morgan fingerprint density at radius 1 is 1.28 bits per heavy atom. The summed E-state index contributed by atoms with van der Waals surface area (Å²) in [5.74, 6) is 0.889. The number of pyridine rings is 1. The number of fused-ring (bicyclic) bond motifs is 3. The van der Waals surface area contributed by atoms with Gasteiger partial charge in [0.15, 0.2) is 0 Å². The van der Waals surface area contributed by atoms with Gasteiger partial charge in [-0.15, -0.1) is 0 Å². The Bertz CT molecular complexity index is 1170. The van der Waals surface area contributed by atoms with Crippen molar-refractivity contribution in [3.8, 4) is 0 Å². The second-order valence-corrected chi connectivity index (χ2v) is 9.14. The molecule has 1 amide bonds. The van der Waals surface area contributed by atoms with Gasteiger partial charge in [0.25, 0.3) is 5.91 Å². The lowest BCUT2D eigenvalue weighted by atomic mass is 9.99. The number of hydrogen-bond acceptors (Lipinski definition) is 6. The Kier molecular flexibility index (Phi) is 4.53. The third-order valence-corrected chi connectivity index (χ3v) is 6.92. The summed E-state index contributed by atoms with van der Waals surface area (Å²) in [5, 5.41) is 14.9. The van der Waals surface area contributed by atoms with Gasteiger partial charge in [-0.2, -0.15) is 10.2 Å². The molecule has 3 aromatic rings. The monoisotopic (exact) mass is 433 g/mol. The number of hydrogen-bond donors (Lipinski definition) is 2. The van der Waals surface area contributed by atoms with Crippen LogP contribution < -0.4 is 10.2 Å². The van der Waals surface area contributed by atoms with Gasteiger partial charge in [-0.1, -0.05) is 6.07 Å². The highest BCUT2D eigenvalue weighted by Gasteiger charge is 2.38. The standard InChI is InChI=1S/C23H27N7O2/c1-13-15(3-6-21(25-13)29-11-17-7-18(12-29)32-17)9-30-10-16(8-24-30)23(31)26-20-5-4-19-14(2)27-28-22(19)20/h3,6,8,10,17-18,20H,4-5,7,9,11-12H2,1-2H3,(H,26,31)(H,27,28). The van der Waals surface area contributed by atoms with Gasteiger partial charge in [0.05, 0.1) is 42.2 Å². The van der Waals surface area contributed by atoms with Crippen molar-refractivity contribution in [3.05, 3.63) is 58.3 Å². The Labute approximate surface area is 186 Å². The highest BCUT2D eigenvalue weighted by Crippen LogP contribution is 2.32. The average Bonchev–Trinajstić information content (AvgIpc) is 3.48. The zero-order valence-electron chi connectivity index (χ0n) is 18.3.